The fourth-order valence-corrected chi connectivity index (χ4v) is 4.24. The van der Waals surface area contributed by atoms with E-state index in [-0.39, 0.29) is 37.0 Å². The maximum atomic E-state index is 13.7. The molecule has 43 heavy (non-hydrogen) atoms. The summed E-state index contributed by atoms with van der Waals surface area (Å²) in [6.45, 7) is 3.71. The Hall–Kier alpha value is -5.33. The summed E-state index contributed by atoms with van der Waals surface area (Å²) in [6, 6.07) is 11.7. The van der Waals surface area contributed by atoms with E-state index < -0.39 is 17.8 Å². The molecule has 0 spiro atoms. The van der Waals surface area contributed by atoms with Crippen LogP contribution >= 0.6 is 0 Å². The van der Waals surface area contributed by atoms with Gasteiger partial charge >= 0.3 is 12.2 Å². The zero-order valence-electron chi connectivity index (χ0n) is 23.2. The Labute approximate surface area is 244 Å². The van der Waals surface area contributed by atoms with Crippen LogP contribution in [0.25, 0.3) is 16.9 Å². The molecule has 0 aliphatic rings. The molecule has 2 N–H and O–H groups in total. The molecule has 0 saturated carbocycles. The molecule has 0 aliphatic carbocycles. The first-order valence-electron chi connectivity index (χ1n) is 13.3. The topological polar surface area (TPSA) is 112 Å². The van der Waals surface area contributed by atoms with Crippen molar-refractivity contribution >= 4 is 23.1 Å². The zero-order chi connectivity index (χ0) is 30.4. The first-order chi connectivity index (χ1) is 20.7. The molecule has 0 bridgehead atoms. The van der Waals surface area contributed by atoms with E-state index in [1.807, 2.05) is 12.1 Å². The van der Waals surface area contributed by atoms with Gasteiger partial charge in [0.2, 0.25) is 5.65 Å². The Kier molecular flexibility index (Phi) is 8.60. The van der Waals surface area contributed by atoms with Crippen LogP contribution < -0.4 is 24.8 Å². The molecule has 2 amide bonds. The molecular formula is C30H27F3N6O4. The number of hydrogen-bond donors (Lipinski definition) is 2. The van der Waals surface area contributed by atoms with Crippen molar-refractivity contribution in [2.24, 2.45) is 0 Å². The van der Waals surface area contributed by atoms with Crippen LogP contribution in [-0.4, -0.2) is 38.6 Å². The number of urea groups is 1. The van der Waals surface area contributed by atoms with Crippen LogP contribution in [0.3, 0.4) is 0 Å². The fraction of sp³-hybridized carbons (Fsp3) is 0.200. The summed E-state index contributed by atoms with van der Waals surface area (Å²) in [4.78, 5) is 25.9. The van der Waals surface area contributed by atoms with Gasteiger partial charge in [-0.05, 0) is 49.7 Å². The lowest BCUT2D eigenvalue weighted by molar-refractivity contribution is -0.138. The first kappa shape index (κ1) is 29.2. The number of halogens is 3. The minimum absolute atomic E-state index is 0.0270. The van der Waals surface area contributed by atoms with E-state index in [0.717, 1.165) is 17.7 Å². The molecule has 0 atom stereocenters. The monoisotopic (exact) mass is 592 g/mol. The van der Waals surface area contributed by atoms with Gasteiger partial charge in [0.05, 0.1) is 30.2 Å². The number of nitrogens with one attached hydrogen (secondary N) is 2. The molecule has 10 nitrogen and oxygen atoms in total. The molecule has 0 unspecified atom stereocenters. The lowest BCUT2D eigenvalue weighted by Gasteiger charge is -2.19. The molecule has 3 heterocycles. The maximum Gasteiger partial charge on any atom is 0.420 e. The number of benzene rings is 2. The molecule has 5 rings (SSSR count). The maximum absolute atomic E-state index is 13.7. The highest BCUT2D eigenvalue weighted by atomic mass is 19.4. The molecule has 0 saturated heterocycles. The van der Waals surface area contributed by atoms with E-state index in [1.54, 1.807) is 73.5 Å². The number of amides is 2. The van der Waals surface area contributed by atoms with Gasteiger partial charge in [0.1, 0.15) is 18.1 Å². The number of nitrogens with zero attached hydrogens (tertiary/aromatic N) is 4. The first-order valence-corrected chi connectivity index (χ1v) is 13.3. The highest BCUT2D eigenvalue weighted by Crippen LogP contribution is 2.42. The predicted octanol–water partition coefficient (Wildman–Crippen LogP) is 6.83. The molecule has 222 valence electrons. The van der Waals surface area contributed by atoms with Gasteiger partial charge in [0.25, 0.3) is 5.88 Å². The number of imidazole rings is 1. The third kappa shape index (κ3) is 6.94. The summed E-state index contributed by atoms with van der Waals surface area (Å²) in [5.74, 6) is -0.0292. The van der Waals surface area contributed by atoms with E-state index in [1.165, 1.54) is 0 Å². The van der Waals surface area contributed by atoms with Crippen molar-refractivity contribution in [3.05, 3.63) is 90.6 Å². The summed E-state index contributed by atoms with van der Waals surface area (Å²) in [5.41, 5.74) is 1.82. The minimum atomic E-state index is -4.71. The van der Waals surface area contributed by atoms with Crippen LogP contribution in [0.2, 0.25) is 0 Å². The molecule has 5 aromatic rings. The van der Waals surface area contributed by atoms with Gasteiger partial charge in [0.15, 0.2) is 0 Å². The van der Waals surface area contributed by atoms with Crippen molar-refractivity contribution < 1.29 is 32.2 Å². The molecule has 0 aliphatic heterocycles. The van der Waals surface area contributed by atoms with Crippen molar-refractivity contribution in [3.8, 4) is 28.6 Å². The summed E-state index contributed by atoms with van der Waals surface area (Å²) >= 11 is 0. The Bertz CT molecular complexity index is 1730. The zero-order valence-corrected chi connectivity index (χ0v) is 23.2. The third-order valence-electron chi connectivity index (χ3n) is 6.12. The summed E-state index contributed by atoms with van der Waals surface area (Å²) in [7, 11) is 0. The number of carbonyl (C=O) groups is 1. The predicted molar refractivity (Wildman–Crippen MR) is 153 cm³/mol. The van der Waals surface area contributed by atoms with Gasteiger partial charge < -0.3 is 29.2 Å². The highest BCUT2D eigenvalue weighted by Gasteiger charge is 2.36. The number of ether oxygens (including phenoxy) is 3. The summed E-state index contributed by atoms with van der Waals surface area (Å²) in [6.07, 6.45) is 3.80. The second kappa shape index (κ2) is 12.7. The smallest absolute Gasteiger partial charge is 0.420 e. The minimum Gasteiger partial charge on any atom is -0.493 e. The number of rotatable bonds is 10. The van der Waals surface area contributed by atoms with Crippen molar-refractivity contribution in [2.45, 2.75) is 26.6 Å². The van der Waals surface area contributed by atoms with Gasteiger partial charge in [-0.15, -0.1) is 0 Å². The molecule has 0 radical (unpaired) electrons. The fourth-order valence-electron chi connectivity index (χ4n) is 4.24. The van der Waals surface area contributed by atoms with Gasteiger partial charge in [0, 0.05) is 48.3 Å². The molecule has 0 fully saturated rings. The van der Waals surface area contributed by atoms with E-state index in [9.17, 15) is 18.0 Å². The number of carbonyl (C=O) groups excluding carboxylic acids is 1. The van der Waals surface area contributed by atoms with Gasteiger partial charge in [-0.3, -0.25) is 4.98 Å². The van der Waals surface area contributed by atoms with Crippen LogP contribution in [0.1, 0.15) is 25.0 Å². The van der Waals surface area contributed by atoms with Crippen molar-refractivity contribution in [2.75, 3.05) is 23.8 Å². The average molecular weight is 593 g/mol. The average Bonchev–Trinajstić information content (AvgIpc) is 3.46. The number of anilines is 2. The molecule has 13 heteroatoms. The Morgan fingerprint density at radius 1 is 0.930 bits per heavy atom. The van der Waals surface area contributed by atoms with E-state index in [2.05, 4.69) is 25.6 Å². The number of hydrogen-bond acceptors (Lipinski definition) is 7. The van der Waals surface area contributed by atoms with Crippen molar-refractivity contribution in [1.29, 1.82) is 0 Å². The number of alkyl halides is 3. The summed E-state index contributed by atoms with van der Waals surface area (Å²) < 4.78 is 59.6. The standard InChI is InChI=1S/C30H27F3N6O4/c1-3-41-25-16-26(42-4-2)23(15-22(25)30(31,32)33)38-29(40)36-21-7-5-6-20(14-21)24-17-39-13-12-35-27(39)28(37-24)43-18-19-8-10-34-11-9-19/h5-17H,3-4,18H2,1-2H3,(H2,36,38,40). The largest absolute Gasteiger partial charge is 0.493 e. The molecule has 2 aromatic carbocycles. The third-order valence-corrected chi connectivity index (χ3v) is 6.12. The lowest BCUT2D eigenvalue weighted by atomic mass is 10.1. The van der Waals surface area contributed by atoms with Crippen LogP contribution in [0, 0.1) is 0 Å². The normalized spacial score (nSPS) is 11.3. The SMILES string of the molecule is CCOc1cc(OCC)c(C(F)(F)F)cc1NC(=O)Nc1cccc(-c2cn3ccnc3c(OCc3ccncc3)n2)c1. The Morgan fingerprint density at radius 2 is 1.70 bits per heavy atom. The van der Waals surface area contributed by atoms with Gasteiger partial charge in [-0.2, -0.15) is 13.2 Å². The Balaban J connectivity index is 1.38. The van der Waals surface area contributed by atoms with E-state index >= 15 is 0 Å². The van der Waals surface area contributed by atoms with Crippen molar-refractivity contribution in [3.63, 3.8) is 0 Å². The van der Waals surface area contributed by atoms with Crippen LogP contribution in [0.5, 0.6) is 17.4 Å². The van der Waals surface area contributed by atoms with Crippen molar-refractivity contribution in [1.82, 2.24) is 19.4 Å². The quantitative estimate of drug-likeness (QED) is 0.183. The second-order valence-corrected chi connectivity index (χ2v) is 9.10. The van der Waals surface area contributed by atoms with E-state index in [4.69, 9.17) is 14.2 Å². The van der Waals surface area contributed by atoms with Gasteiger partial charge in [-0.1, -0.05) is 12.1 Å². The lowest BCUT2D eigenvalue weighted by Crippen LogP contribution is -2.21. The molecular weight excluding hydrogens is 565 g/mol. The number of pyridine rings is 1. The second-order valence-electron chi connectivity index (χ2n) is 9.10. The number of aromatic nitrogens is 4. The number of fused-ring (bicyclic) bond motifs is 1. The van der Waals surface area contributed by atoms with Crippen LogP contribution in [0.15, 0.2) is 79.5 Å². The summed E-state index contributed by atoms with van der Waals surface area (Å²) in [5, 5.41) is 5.12. The van der Waals surface area contributed by atoms with Gasteiger partial charge in [-0.25, -0.2) is 14.8 Å². The van der Waals surface area contributed by atoms with Crippen LogP contribution in [-0.2, 0) is 12.8 Å². The van der Waals surface area contributed by atoms with E-state index in [0.29, 0.717) is 28.5 Å². The Morgan fingerprint density at radius 3 is 2.44 bits per heavy atom. The molecule has 3 aromatic heterocycles. The van der Waals surface area contributed by atoms with Crippen LogP contribution in [0.4, 0.5) is 29.3 Å². The highest BCUT2D eigenvalue weighted by molar-refractivity contribution is 6.01.